The van der Waals surface area contributed by atoms with Gasteiger partial charge in [-0.3, -0.25) is 4.79 Å². The Hall–Kier alpha value is -4.43. The summed E-state index contributed by atoms with van der Waals surface area (Å²) in [6.45, 7) is 2.78. The molecule has 8 nitrogen and oxygen atoms in total. The van der Waals surface area contributed by atoms with Crippen molar-refractivity contribution in [3.8, 4) is 5.75 Å². The number of piperidine rings is 1. The molecule has 1 amide bonds. The number of carbonyl (C=O) groups is 3. The second kappa shape index (κ2) is 11.2. The van der Waals surface area contributed by atoms with Crippen LogP contribution in [0.25, 0.3) is 11.3 Å². The second-order valence-electron chi connectivity index (χ2n) is 10.9. The SMILES string of the molecule is COC(=O)c1ccc2c(c1)OC(=O)/C2=C(\Nc1ccc2c(c1)CCN2C(=O)CC1CCN(C)CC1)c1ccccc1. The molecule has 210 valence electrons. The van der Waals surface area contributed by atoms with Gasteiger partial charge >= 0.3 is 11.9 Å². The van der Waals surface area contributed by atoms with Crippen LogP contribution in [0.3, 0.4) is 0 Å². The molecule has 0 aliphatic carbocycles. The molecule has 3 aliphatic heterocycles. The Labute approximate surface area is 239 Å². The summed E-state index contributed by atoms with van der Waals surface area (Å²) in [5.74, 6) is -0.0417. The largest absolute Gasteiger partial charge is 0.465 e. The highest BCUT2D eigenvalue weighted by Gasteiger charge is 2.33. The summed E-state index contributed by atoms with van der Waals surface area (Å²) < 4.78 is 10.4. The second-order valence-corrected chi connectivity index (χ2v) is 10.9. The number of methoxy groups -OCH3 is 1. The summed E-state index contributed by atoms with van der Waals surface area (Å²) in [6.07, 6.45) is 3.51. The van der Waals surface area contributed by atoms with E-state index in [-0.39, 0.29) is 5.91 Å². The quantitative estimate of drug-likeness (QED) is 0.262. The normalized spacial score (nSPS) is 18.0. The van der Waals surface area contributed by atoms with Crippen LogP contribution in [0.15, 0.2) is 66.7 Å². The zero-order valence-corrected chi connectivity index (χ0v) is 23.3. The van der Waals surface area contributed by atoms with Gasteiger partial charge in [-0.25, -0.2) is 9.59 Å². The Bertz CT molecular complexity index is 1540. The van der Waals surface area contributed by atoms with Crippen molar-refractivity contribution in [1.82, 2.24) is 4.90 Å². The number of hydrogen-bond donors (Lipinski definition) is 1. The maximum Gasteiger partial charge on any atom is 0.346 e. The molecule has 0 atom stereocenters. The molecule has 3 aliphatic rings. The standard InChI is InChI=1S/C33H33N3O5/c1-35-15-12-21(13-16-35)18-29(37)36-17-14-23-19-25(9-11-27(23)36)34-31(22-6-4-3-5-7-22)30-26-10-8-24(32(38)40-2)20-28(26)41-33(30)39/h3-11,19-21,34H,12-18H2,1-2H3/b31-30-. The molecule has 0 spiro atoms. The van der Waals surface area contributed by atoms with E-state index in [1.165, 1.54) is 13.2 Å². The van der Waals surface area contributed by atoms with Crippen LogP contribution in [0.4, 0.5) is 11.4 Å². The third-order valence-electron chi connectivity index (χ3n) is 8.24. The van der Waals surface area contributed by atoms with Crippen LogP contribution in [0, 0.1) is 5.92 Å². The van der Waals surface area contributed by atoms with Gasteiger partial charge in [-0.05, 0) is 92.8 Å². The van der Waals surface area contributed by atoms with Crippen molar-refractivity contribution in [2.45, 2.75) is 25.7 Å². The lowest BCUT2D eigenvalue weighted by Crippen LogP contribution is -2.35. The molecule has 0 aromatic heterocycles. The molecule has 0 bridgehead atoms. The summed E-state index contributed by atoms with van der Waals surface area (Å²) in [5, 5.41) is 3.48. The number of esters is 2. The van der Waals surface area contributed by atoms with Crippen LogP contribution in [-0.4, -0.2) is 56.5 Å². The first-order valence-corrected chi connectivity index (χ1v) is 14.0. The van der Waals surface area contributed by atoms with E-state index in [9.17, 15) is 14.4 Å². The molecular weight excluding hydrogens is 518 g/mol. The molecule has 1 N–H and O–H groups in total. The van der Waals surface area contributed by atoms with Crippen LogP contribution >= 0.6 is 0 Å². The average Bonchev–Trinajstić information content (AvgIpc) is 3.56. The maximum absolute atomic E-state index is 13.2. The zero-order valence-electron chi connectivity index (χ0n) is 23.3. The Morgan fingerprint density at radius 2 is 1.76 bits per heavy atom. The first kappa shape index (κ1) is 26.8. The van der Waals surface area contributed by atoms with Gasteiger partial charge in [-0.1, -0.05) is 30.3 Å². The van der Waals surface area contributed by atoms with Crippen LogP contribution in [0.1, 0.15) is 46.3 Å². The highest BCUT2D eigenvalue weighted by atomic mass is 16.5. The molecule has 3 aromatic rings. The lowest BCUT2D eigenvalue weighted by atomic mass is 9.93. The van der Waals surface area contributed by atoms with Crippen molar-refractivity contribution in [3.05, 3.63) is 89.0 Å². The topological polar surface area (TPSA) is 88.2 Å². The number of likely N-dealkylation sites (tertiary alicyclic amines) is 1. The highest BCUT2D eigenvalue weighted by Crippen LogP contribution is 2.41. The molecule has 0 saturated carbocycles. The fraction of sp³-hybridized carbons (Fsp3) is 0.303. The molecule has 1 fully saturated rings. The Kier molecular flexibility index (Phi) is 7.32. The number of anilines is 2. The van der Waals surface area contributed by atoms with Crippen molar-refractivity contribution >= 4 is 40.5 Å². The molecule has 0 unspecified atom stereocenters. The number of fused-ring (bicyclic) bond motifs is 2. The van der Waals surface area contributed by atoms with Crippen LogP contribution in [0.2, 0.25) is 0 Å². The zero-order chi connectivity index (χ0) is 28.5. The van der Waals surface area contributed by atoms with E-state index in [4.69, 9.17) is 9.47 Å². The molecule has 41 heavy (non-hydrogen) atoms. The Morgan fingerprint density at radius 3 is 2.51 bits per heavy atom. The Morgan fingerprint density at radius 1 is 0.976 bits per heavy atom. The minimum absolute atomic E-state index is 0.197. The number of nitrogens with zero attached hydrogens (tertiary/aromatic N) is 2. The van der Waals surface area contributed by atoms with Gasteiger partial charge in [0.1, 0.15) is 5.75 Å². The summed E-state index contributed by atoms with van der Waals surface area (Å²) in [7, 11) is 3.44. The predicted molar refractivity (Wildman–Crippen MR) is 158 cm³/mol. The fourth-order valence-corrected chi connectivity index (χ4v) is 5.95. The average molecular weight is 552 g/mol. The monoisotopic (exact) mass is 551 g/mol. The molecule has 3 aromatic carbocycles. The number of ether oxygens (including phenoxy) is 2. The summed E-state index contributed by atoms with van der Waals surface area (Å²) >= 11 is 0. The minimum Gasteiger partial charge on any atom is -0.465 e. The number of carbonyl (C=O) groups excluding carboxylic acids is 3. The molecule has 8 heteroatoms. The molecule has 1 saturated heterocycles. The lowest BCUT2D eigenvalue weighted by molar-refractivity contribution is -0.127. The van der Waals surface area contributed by atoms with Crippen molar-refractivity contribution in [3.63, 3.8) is 0 Å². The first-order chi connectivity index (χ1) is 19.9. The summed E-state index contributed by atoms with van der Waals surface area (Å²) in [4.78, 5) is 42.7. The number of benzene rings is 3. The van der Waals surface area contributed by atoms with Crippen molar-refractivity contribution in [2.75, 3.05) is 44.0 Å². The first-order valence-electron chi connectivity index (χ1n) is 14.0. The van der Waals surface area contributed by atoms with Gasteiger partial charge < -0.3 is 24.6 Å². The third-order valence-corrected chi connectivity index (χ3v) is 8.24. The van der Waals surface area contributed by atoms with E-state index in [1.54, 1.807) is 12.1 Å². The van der Waals surface area contributed by atoms with Gasteiger partial charge in [0.25, 0.3) is 0 Å². The van der Waals surface area contributed by atoms with Crippen LogP contribution < -0.4 is 15.0 Å². The minimum atomic E-state index is -0.500. The van der Waals surface area contributed by atoms with Gasteiger partial charge in [0, 0.05) is 29.9 Å². The summed E-state index contributed by atoms with van der Waals surface area (Å²) in [6, 6.07) is 20.5. The van der Waals surface area contributed by atoms with E-state index in [2.05, 4.69) is 23.3 Å². The van der Waals surface area contributed by atoms with E-state index >= 15 is 0 Å². The molecule has 3 heterocycles. The molecular formula is C33H33N3O5. The molecule has 6 rings (SSSR count). The van der Waals surface area contributed by atoms with Gasteiger partial charge in [-0.15, -0.1) is 0 Å². The van der Waals surface area contributed by atoms with Crippen LogP contribution in [-0.2, 0) is 20.7 Å². The predicted octanol–water partition coefficient (Wildman–Crippen LogP) is 4.99. The van der Waals surface area contributed by atoms with Crippen molar-refractivity contribution in [2.24, 2.45) is 5.92 Å². The third kappa shape index (κ3) is 5.35. The van der Waals surface area contributed by atoms with E-state index in [0.29, 0.717) is 47.0 Å². The highest BCUT2D eigenvalue weighted by molar-refractivity contribution is 6.29. The van der Waals surface area contributed by atoms with Gasteiger partial charge in [-0.2, -0.15) is 0 Å². The maximum atomic E-state index is 13.2. The van der Waals surface area contributed by atoms with Gasteiger partial charge in [0.05, 0.1) is 23.9 Å². The molecule has 0 radical (unpaired) electrons. The lowest BCUT2D eigenvalue weighted by Gasteiger charge is -2.29. The smallest absolute Gasteiger partial charge is 0.346 e. The number of nitrogens with one attached hydrogen (secondary N) is 1. The number of amides is 1. The number of hydrogen-bond acceptors (Lipinski definition) is 7. The number of rotatable bonds is 6. The van der Waals surface area contributed by atoms with Gasteiger partial charge in [0.15, 0.2) is 0 Å². The van der Waals surface area contributed by atoms with Crippen LogP contribution in [0.5, 0.6) is 5.75 Å². The van der Waals surface area contributed by atoms with E-state index < -0.39 is 11.9 Å². The summed E-state index contributed by atoms with van der Waals surface area (Å²) in [5.41, 5.74) is 5.59. The fourth-order valence-electron chi connectivity index (χ4n) is 5.95. The van der Waals surface area contributed by atoms with E-state index in [1.807, 2.05) is 47.4 Å². The van der Waals surface area contributed by atoms with E-state index in [0.717, 1.165) is 54.9 Å². The van der Waals surface area contributed by atoms with Crippen molar-refractivity contribution in [1.29, 1.82) is 0 Å². The van der Waals surface area contributed by atoms with Crippen molar-refractivity contribution < 1.29 is 23.9 Å². The Balaban J connectivity index is 1.29. The van der Waals surface area contributed by atoms with Gasteiger partial charge in [0.2, 0.25) is 5.91 Å².